The lowest BCUT2D eigenvalue weighted by atomic mass is 9.92. The van der Waals surface area contributed by atoms with Crippen LogP contribution in [-0.2, 0) is 6.54 Å². The van der Waals surface area contributed by atoms with Gasteiger partial charge in [-0.3, -0.25) is 0 Å². The Morgan fingerprint density at radius 1 is 1.06 bits per heavy atom. The van der Waals surface area contributed by atoms with Gasteiger partial charge in [-0.15, -0.1) is 0 Å². The fourth-order valence-electron chi connectivity index (χ4n) is 2.08. The third-order valence-electron chi connectivity index (χ3n) is 2.61. The molecule has 1 heterocycles. The topological polar surface area (TPSA) is 3.24 Å². The summed E-state index contributed by atoms with van der Waals surface area (Å²) in [6, 6.07) is 8.76. The van der Waals surface area contributed by atoms with Crippen molar-refractivity contribution in [2.45, 2.75) is 47.1 Å². The molecule has 1 atom stereocenters. The lowest BCUT2D eigenvalue weighted by Gasteiger charge is -2.29. The van der Waals surface area contributed by atoms with E-state index in [0.29, 0.717) is 5.92 Å². The average Bonchev–Trinajstić information content (AvgIpc) is 2.34. The third kappa shape index (κ3) is 3.97. The highest BCUT2D eigenvalue weighted by atomic mass is 15.1. The number of rotatable bonds is 0. The van der Waals surface area contributed by atoms with E-state index in [2.05, 4.69) is 43.1 Å². The minimum absolute atomic E-state index is 0.694. The number of likely N-dealkylation sites (N-methyl/N-ethyl adjacent to an activating group) is 1. The van der Waals surface area contributed by atoms with E-state index in [1.54, 1.807) is 0 Å². The third-order valence-corrected chi connectivity index (χ3v) is 2.61. The van der Waals surface area contributed by atoms with Gasteiger partial charge >= 0.3 is 0 Å². The predicted molar refractivity (Wildman–Crippen MR) is 73.9 cm³/mol. The van der Waals surface area contributed by atoms with Crippen LogP contribution in [-0.4, -0.2) is 18.5 Å². The summed E-state index contributed by atoms with van der Waals surface area (Å²) >= 11 is 0. The van der Waals surface area contributed by atoms with E-state index in [-0.39, 0.29) is 0 Å². The molecule has 0 aliphatic carbocycles. The monoisotopic (exact) mass is 221 g/mol. The van der Waals surface area contributed by atoms with Crippen LogP contribution in [0, 0.1) is 0 Å². The van der Waals surface area contributed by atoms with E-state index in [1.165, 1.54) is 17.7 Å². The molecule has 0 radical (unpaired) electrons. The minimum atomic E-state index is 0.694. The first kappa shape index (κ1) is 15.2. The molecule has 1 nitrogen and oxygen atoms in total. The van der Waals surface area contributed by atoms with Gasteiger partial charge in [-0.2, -0.15) is 0 Å². The van der Waals surface area contributed by atoms with Gasteiger partial charge in [0, 0.05) is 13.1 Å². The quantitative estimate of drug-likeness (QED) is 0.632. The van der Waals surface area contributed by atoms with Gasteiger partial charge in [-0.05, 0) is 24.1 Å². The summed E-state index contributed by atoms with van der Waals surface area (Å²) in [5, 5.41) is 0. The molecule has 0 saturated carbocycles. The highest BCUT2D eigenvalue weighted by Crippen LogP contribution is 2.26. The first-order valence-electron chi connectivity index (χ1n) is 6.53. The van der Waals surface area contributed by atoms with Gasteiger partial charge in [0.2, 0.25) is 0 Å². The number of hydrogen-bond acceptors (Lipinski definition) is 1. The molecule has 0 aromatic heterocycles. The van der Waals surface area contributed by atoms with Crippen molar-refractivity contribution < 1.29 is 0 Å². The minimum Gasteiger partial charge on any atom is -0.302 e. The second kappa shape index (κ2) is 8.35. The molecular weight excluding hydrogens is 194 g/mol. The molecule has 0 saturated heterocycles. The van der Waals surface area contributed by atoms with Crippen LogP contribution in [0.25, 0.3) is 0 Å². The largest absolute Gasteiger partial charge is 0.302 e. The standard InChI is InChI=1S/C11H15N.2C2H6/c1-9-7-12(2)8-10-5-3-4-6-11(9)10;2*1-2/h3-6,9H,7-8H2,1-2H3;2*1-2H3. The van der Waals surface area contributed by atoms with Crippen molar-refractivity contribution in [3.63, 3.8) is 0 Å². The number of nitrogens with zero attached hydrogens (tertiary/aromatic N) is 1. The van der Waals surface area contributed by atoms with Crippen molar-refractivity contribution in [1.82, 2.24) is 4.90 Å². The van der Waals surface area contributed by atoms with E-state index in [4.69, 9.17) is 0 Å². The van der Waals surface area contributed by atoms with Crippen LogP contribution in [0.15, 0.2) is 24.3 Å². The predicted octanol–water partition coefficient (Wildman–Crippen LogP) is 4.29. The smallest absolute Gasteiger partial charge is 0.0233 e. The van der Waals surface area contributed by atoms with E-state index in [1.807, 2.05) is 27.7 Å². The molecule has 0 N–H and O–H groups in total. The van der Waals surface area contributed by atoms with E-state index in [9.17, 15) is 0 Å². The Labute approximate surface area is 101 Å². The molecule has 1 aromatic rings. The fraction of sp³-hybridized carbons (Fsp3) is 0.600. The van der Waals surface area contributed by atoms with E-state index in [0.717, 1.165) is 6.54 Å². The molecule has 0 fully saturated rings. The zero-order valence-corrected chi connectivity index (χ0v) is 11.7. The second-order valence-electron chi connectivity index (χ2n) is 3.80. The van der Waals surface area contributed by atoms with Crippen molar-refractivity contribution in [3.05, 3.63) is 35.4 Å². The summed E-state index contributed by atoms with van der Waals surface area (Å²) in [6.07, 6.45) is 0. The summed E-state index contributed by atoms with van der Waals surface area (Å²) in [5.41, 5.74) is 3.04. The van der Waals surface area contributed by atoms with E-state index < -0.39 is 0 Å². The fourth-order valence-corrected chi connectivity index (χ4v) is 2.08. The molecule has 1 aliphatic heterocycles. The van der Waals surface area contributed by atoms with Gasteiger partial charge in [0.25, 0.3) is 0 Å². The number of fused-ring (bicyclic) bond motifs is 1. The lowest BCUT2D eigenvalue weighted by molar-refractivity contribution is 0.288. The molecule has 1 aromatic carbocycles. The van der Waals surface area contributed by atoms with Gasteiger partial charge in [0.1, 0.15) is 0 Å². The Bertz CT molecular complexity index is 281. The van der Waals surface area contributed by atoms with Crippen LogP contribution in [0.5, 0.6) is 0 Å². The Morgan fingerprint density at radius 3 is 2.25 bits per heavy atom. The first-order chi connectivity index (χ1) is 7.77. The molecule has 1 heteroatoms. The van der Waals surface area contributed by atoms with E-state index >= 15 is 0 Å². The van der Waals surface area contributed by atoms with Crippen LogP contribution >= 0.6 is 0 Å². The molecule has 1 aliphatic rings. The average molecular weight is 221 g/mol. The second-order valence-corrected chi connectivity index (χ2v) is 3.80. The summed E-state index contributed by atoms with van der Waals surface area (Å²) in [4.78, 5) is 2.38. The van der Waals surface area contributed by atoms with Crippen molar-refractivity contribution in [2.75, 3.05) is 13.6 Å². The summed E-state index contributed by atoms with van der Waals surface area (Å²) in [7, 11) is 2.19. The summed E-state index contributed by atoms with van der Waals surface area (Å²) < 4.78 is 0. The number of benzene rings is 1. The Morgan fingerprint density at radius 2 is 1.62 bits per heavy atom. The maximum atomic E-state index is 2.38. The molecule has 1 unspecified atom stereocenters. The van der Waals surface area contributed by atoms with Gasteiger partial charge < -0.3 is 4.90 Å². The summed E-state index contributed by atoms with van der Waals surface area (Å²) in [5.74, 6) is 0.694. The Hall–Kier alpha value is -0.820. The van der Waals surface area contributed by atoms with Gasteiger partial charge in [-0.1, -0.05) is 58.9 Å². The van der Waals surface area contributed by atoms with Crippen molar-refractivity contribution in [3.8, 4) is 0 Å². The highest BCUT2D eigenvalue weighted by Gasteiger charge is 2.18. The van der Waals surface area contributed by atoms with Crippen LogP contribution in [0.4, 0.5) is 0 Å². The molecule has 0 amide bonds. The summed E-state index contributed by atoms with van der Waals surface area (Å²) in [6.45, 7) is 12.6. The molecule has 0 spiro atoms. The molecular formula is C15H27N. The SMILES string of the molecule is CC.CC.CC1CN(C)Cc2ccccc21. The Balaban J connectivity index is 0.000000509. The zero-order valence-electron chi connectivity index (χ0n) is 11.7. The number of hydrogen-bond donors (Lipinski definition) is 0. The maximum absolute atomic E-state index is 2.38. The first-order valence-corrected chi connectivity index (χ1v) is 6.53. The van der Waals surface area contributed by atoms with Crippen molar-refractivity contribution >= 4 is 0 Å². The van der Waals surface area contributed by atoms with Gasteiger partial charge in [0.15, 0.2) is 0 Å². The van der Waals surface area contributed by atoms with Crippen LogP contribution < -0.4 is 0 Å². The molecule has 92 valence electrons. The van der Waals surface area contributed by atoms with Crippen molar-refractivity contribution in [1.29, 1.82) is 0 Å². The lowest BCUT2D eigenvalue weighted by Crippen LogP contribution is -2.28. The van der Waals surface area contributed by atoms with Crippen molar-refractivity contribution in [2.24, 2.45) is 0 Å². The van der Waals surface area contributed by atoms with Gasteiger partial charge in [-0.25, -0.2) is 0 Å². The normalized spacial score (nSPS) is 18.5. The van der Waals surface area contributed by atoms with Crippen LogP contribution in [0.1, 0.15) is 51.7 Å². The highest BCUT2D eigenvalue weighted by molar-refractivity contribution is 5.32. The van der Waals surface area contributed by atoms with Crippen LogP contribution in [0.3, 0.4) is 0 Å². The Kier molecular flexibility index (Phi) is 7.92. The molecule has 0 bridgehead atoms. The maximum Gasteiger partial charge on any atom is 0.0233 e. The molecule has 2 rings (SSSR count). The zero-order chi connectivity index (χ0) is 12.6. The van der Waals surface area contributed by atoms with Gasteiger partial charge in [0.05, 0.1) is 0 Å². The van der Waals surface area contributed by atoms with Crippen LogP contribution in [0.2, 0.25) is 0 Å². The molecule has 16 heavy (non-hydrogen) atoms.